The van der Waals surface area contributed by atoms with E-state index in [9.17, 15) is 9.90 Å². The van der Waals surface area contributed by atoms with Crippen LogP contribution < -0.4 is 4.90 Å². The van der Waals surface area contributed by atoms with Gasteiger partial charge in [0.1, 0.15) is 11.9 Å². The molecular weight excluding hydrogens is 284 g/mol. The van der Waals surface area contributed by atoms with Gasteiger partial charge in [-0.1, -0.05) is 6.07 Å². The van der Waals surface area contributed by atoms with Crippen molar-refractivity contribution < 1.29 is 19.4 Å². The minimum atomic E-state index is -0.372. The summed E-state index contributed by atoms with van der Waals surface area (Å²) in [6, 6.07) is 3.90. The Hall–Kier alpha value is -1.66. The predicted octanol–water partition coefficient (Wildman–Crippen LogP) is 2.07. The zero-order valence-corrected chi connectivity index (χ0v) is 12.8. The van der Waals surface area contributed by atoms with Crippen molar-refractivity contribution >= 4 is 11.9 Å². The summed E-state index contributed by atoms with van der Waals surface area (Å²) in [4.78, 5) is 17.8. The third-order valence-electron chi connectivity index (χ3n) is 4.44. The van der Waals surface area contributed by atoms with Crippen LogP contribution in [0.5, 0.6) is 0 Å². The molecule has 0 bridgehead atoms. The van der Waals surface area contributed by atoms with Crippen LogP contribution in [0, 0.1) is 0 Å². The van der Waals surface area contributed by atoms with Gasteiger partial charge < -0.3 is 14.6 Å². The van der Waals surface area contributed by atoms with Crippen molar-refractivity contribution in [2.24, 2.45) is 0 Å². The first-order valence-corrected chi connectivity index (χ1v) is 7.78. The van der Waals surface area contributed by atoms with Crippen LogP contribution >= 0.6 is 0 Å². The molecule has 1 aliphatic carbocycles. The van der Waals surface area contributed by atoms with Gasteiger partial charge >= 0.3 is 6.09 Å². The van der Waals surface area contributed by atoms with Crippen LogP contribution in [-0.4, -0.2) is 48.7 Å². The van der Waals surface area contributed by atoms with E-state index >= 15 is 0 Å². The van der Waals surface area contributed by atoms with Crippen molar-refractivity contribution in [1.29, 1.82) is 0 Å². The monoisotopic (exact) mass is 306 g/mol. The van der Waals surface area contributed by atoms with Crippen molar-refractivity contribution in [2.75, 3.05) is 25.2 Å². The van der Waals surface area contributed by atoms with E-state index in [2.05, 4.69) is 4.98 Å². The smallest absolute Gasteiger partial charge is 0.416 e. The number of amides is 1. The number of carbonyl (C=O) groups is 1. The second-order valence-electron chi connectivity index (χ2n) is 6.03. The topological polar surface area (TPSA) is 71.9 Å². The molecule has 1 amide bonds. The summed E-state index contributed by atoms with van der Waals surface area (Å²) in [6.07, 6.45) is 4.76. The van der Waals surface area contributed by atoms with Crippen molar-refractivity contribution in [3.63, 3.8) is 0 Å². The Morgan fingerprint density at radius 3 is 2.77 bits per heavy atom. The van der Waals surface area contributed by atoms with Crippen molar-refractivity contribution in [3.8, 4) is 0 Å². The Bertz CT molecular complexity index is 511. The predicted molar refractivity (Wildman–Crippen MR) is 80.9 cm³/mol. The fraction of sp³-hybridized carbons (Fsp3) is 0.625. The number of aliphatic hydroxyl groups excluding tert-OH is 1. The standard InChI is InChI=1S/C16H22N2O4/c1-21-10-14-9-18(16(20)22-14)15-7-4-12(8-17-15)11-2-5-13(19)6-3-11/h4,7-8,11,13-14,19H,2-3,5-6,9-10H2,1H3. The molecule has 2 aliphatic rings. The lowest BCUT2D eigenvalue weighted by Gasteiger charge is -2.25. The average molecular weight is 306 g/mol. The van der Waals surface area contributed by atoms with Gasteiger partial charge in [-0.3, -0.25) is 4.90 Å². The number of ether oxygens (including phenoxy) is 2. The summed E-state index contributed by atoms with van der Waals surface area (Å²) in [5, 5.41) is 9.58. The van der Waals surface area contributed by atoms with E-state index in [1.54, 1.807) is 7.11 Å². The van der Waals surface area contributed by atoms with Crippen molar-refractivity contribution in [2.45, 2.75) is 43.8 Å². The number of anilines is 1. The highest BCUT2D eigenvalue weighted by atomic mass is 16.6. The molecule has 0 radical (unpaired) electrons. The molecule has 1 aromatic rings. The molecule has 120 valence electrons. The third kappa shape index (κ3) is 3.23. The highest BCUT2D eigenvalue weighted by Gasteiger charge is 2.33. The lowest BCUT2D eigenvalue weighted by molar-refractivity contribution is 0.0718. The minimum Gasteiger partial charge on any atom is -0.441 e. The van der Waals surface area contributed by atoms with Gasteiger partial charge in [0.15, 0.2) is 0 Å². The van der Waals surface area contributed by atoms with Gasteiger partial charge in [-0.25, -0.2) is 9.78 Å². The third-order valence-corrected chi connectivity index (χ3v) is 4.44. The van der Waals surface area contributed by atoms with Crippen LogP contribution in [0.1, 0.15) is 37.2 Å². The quantitative estimate of drug-likeness (QED) is 0.922. The summed E-state index contributed by atoms with van der Waals surface area (Å²) >= 11 is 0. The van der Waals surface area contributed by atoms with Gasteiger partial charge in [0, 0.05) is 13.3 Å². The zero-order chi connectivity index (χ0) is 15.5. The molecule has 1 aromatic heterocycles. The number of hydrogen-bond acceptors (Lipinski definition) is 5. The van der Waals surface area contributed by atoms with Crippen LogP contribution in [-0.2, 0) is 9.47 Å². The van der Waals surface area contributed by atoms with Gasteiger partial charge in [-0.05, 0) is 43.2 Å². The molecule has 0 spiro atoms. The van der Waals surface area contributed by atoms with Crippen LogP contribution in [0.15, 0.2) is 18.3 Å². The number of hydrogen-bond donors (Lipinski definition) is 1. The number of cyclic esters (lactones) is 1. The summed E-state index contributed by atoms with van der Waals surface area (Å²) in [7, 11) is 1.59. The van der Waals surface area contributed by atoms with Crippen LogP contribution in [0.25, 0.3) is 0 Å². The molecule has 3 rings (SSSR count). The molecule has 0 aromatic carbocycles. The highest BCUT2D eigenvalue weighted by Crippen LogP contribution is 2.33. The fourth-order valence-electron chi connectivity index (χ4n) is 3.19. The molecule has 6 nitrogen and oxygen atoms in total. The minimum absolute atomic E-state index is 0.152. The largest absolute Gasteiger partial charge is 0.441 e. The molecule has 1 aliphatic heterocycles. The zero-order valence-electron chi connectivity index (χ0n) is 12.8. The molecule has 1 saturated heterocycles. The number of methoxy groups -OCH3 is 1. The average Bonchev–Trinajstić information content (AvgIpc) is 2.89. The number of carbonyl (C=O) groups excluding carboxylic acids is 1. The lowest BCUT2D eigenvalue weighted by Crippen LogP contribution is -2.26. The van der Waals surface area contributed by atoms with Crippen molar-refractivity contribution in [3.05, 3.63) is 23.9 Å². The van der Waals surface area contributed by atoms with Gasteiger partial charge in [-0.15, -0.1) is 0 Å². The number of aliphatic hydroxyl groups is 1. The number of pyridine rings is 1. The molecule has 1 N–H and O–H groups in total. The van der Waals surface area contributed by atoms with E-state index < -0.39 is 0 Å². The van der Waals surface area contributed by atoms with Crippen LogP contribution in [0.3, 0.4) is 0 Å². The van der Waals surface area contributed by atoms with E-state index in [1.807, 2.05) is 18.3 Å². The maximum absolute atomic E-state index is 11.9. The van der Waals surface area contributed by atoms with E-state index in [0.29, 0.717) is 24.9 Å². The van der Waals surface area contributed by atoms with E-state index in [4.69, 9.17) is 9.47 Å². The van der Waals surface area contributed by atoms with E-state index in [-0.39, 0.29) is 18.3 Å². The second kappa shape index (κ2) is 6.62. The Balaban J connectivity index is 1.65. The molecule has 1 unspecified atom stereocenters. The van der Waals surface area contributed by atoms with Gasteiger partial charge in [0.2, 0.25) is 0 Å². The van der Waals surface area contributed by atoms with Gasteiger partial charge in [-0.2, -0.15) is 0 Å². The number of nitrogens with zero attached hydrogens (tertiary/aromatic N) is 2. The van der Waals surface area contributed by atoms with E-state index in [1.165, 1.54) is 10.5 Å². The van der Waals surface area contributed by atoms with Gasteiger partial charge in [0.05, 0.1) is 19.3 Å². The maximum Gasteiger partial charge on any atom is 0.416 e. The molecular formula is C16H22N2O4. The molecule has 22 heavy (non-hydrogen) atoms. The normalized spacial score (nSPS) is 28.7. The van der Waals surface area contributed by atoms with Crippen LogP contribution in [0.2, 0.25) is 0 Å². The molecule has 2 fully saturated rings. The number of rotatable bonds is 4. The first kappa shape index (κ1) is 15.2. The second-order valence-corrected chi connectivity index (χ2v) is 6.03. The summed E-state index contributed by atoms with van der Waals surface area (Å²) in [5.74, 6) is 1.07. The Morgan fingerprint density at radius 2 is 2.14 bits per heavy atom. The Kier molecular flexibility index (Phi) is 4.59. The van der Waals surface area contributed by atoms with Gasteiger partial charge in [0.25, 0.3) is 0 Å². The SMILES string of the molecule is COCC1CN(c2ccc(C3CCC(O)CC3)cn2)C(=O)O1. The first-order valence-electron chi connectivity index (χ1n) is 7.78. The van der Waals surface area contributed by atoms with Crippen molar-refractivity contribution in [1.82, 2.24) is 4.98 Å². The lowest BCUT2D eigenvalue weighted by atomic mass is 9.83. The Morgan fingerprint density at radius 1 is 1.36 bits per heavy atom. The van der Waals surface area contributed by atoms with Crippen LogP contribution in [0.4, 0.5) is 10.6 Å². The fourth-order valence-corrected chi connectivity index (χ4v) is 3.19. The summed E-state index contributed by atoms with van der Waals surface area (Å²) < 4.78 is 10.2. The maximum atomic E-state index is 11.9. The highest BCUT2D eigenvalue weighted by molar-refractivity contribution is 5.88. The van der Waals surface area contributed by atoms with E-state index in [0.717, 1.165) is 25.7 Å². The molecule has 6 heteroatoms. The first-order chi connectivity index (χ1) is 10.7. The molecule has 2 heterocycles. The Labute approximate surface area is 130 Å². The summed E-state index contributed by atoms with van der Waals surface area (Å²) in [5.41, 5.74) is 1.18. The number of aromatic nitrogens is 1. The molecule has 1 saturated carbocycles. The summed E-state index contributed by atoms with van der Waals surface area (Å²) in [6.45, 7) is 0.860. The molecule has 1 atom stereocenters.